The molecule has 0 saturated carbocycles. The molecule has 0 atom stereocenters. The molecule has 0 bridgehead atoms. The van der Waals surface area contributed by atoms with Crippen LogP contribution in [0.4, 0.5) is 0 Å². The Morgan fingerprint density at radius 3 is 2.32 bits per heavy atom. The lowest BCUT2D eigenvalue weighted by Crippen LogP contribution is -2.40. The zero-order valence-electron chi connectivity index (χ0n) is 14.4. The van der Waals surface area contributed by atoms with Gasteiger partial charge in [-0.1, -0.05) is 6.42 Å². The molecule has 1 N–H and O–H groups in total. The lowest BCUT2D eigenvalue weighted by molar-refractivity contribution is 0.346. The Morgan fingerprint density at radius 2 is 1.72 bits per heavy atom. The molecule has 1 aliphatic rings. The first-order valence-corrected chi connectivity index (χ1v) is 11.1. The fourth-order valence-electron chi connectivity index (χ4n) is 2.65. The van der Waals surface area contributed by atoms with Gasteiger partial charge in [-0.05, 0) is 25.0 Å². The van der Waals surface area contributed by atoms with E-state index >= 15 is 0 Å². The van der Waals surface area contributed by atoms with Crippen LogP contribution in [0.25, 0.3) is 0 Å². The maximum atomic E-state index is 12.4. The Morgan fingerprint density at radius 1 is 1.04 bits per heavy atom. The van der Waals surface area contributed by atoms with Crippen LogP contribution in [0.5, 0.6) is 11.5 Å². The average Bonchev–Trinajstić information content (AvgIpc) is 2.61. The van der Waals surface area contributed by atoms with Crippen molar-refractivity contribution >= 4 is 20.0 Å². The lowest BCUT2D eigenvalue weighted by atomic mass is 10.2. The van der Waals surface area contributed by atoms with Crippen molar-refractivity contribution in [1.82, 2.24) is 9.03 Å². The van der Waals surface area contributed by atoms with E-state index < -0.39 is 20.0 Å². The van der Waals surface area contributed by atoms with Crippen LogP contribution >= 0.6 is 0 Å². The number of rotatable bonds is 8. The van der Waals surface area contributed by atoms with Gasteiger partial charge in [-0.2, -0.15) is 0 Å². The van der Waals surface area contributed by atoms with Gasteiger partial charge in [0.15, 0.2) is 0 Å². The Balaban J connectivity index is 2.04. The molecule has 0 unspecified atom stereocenters. The van der Waals surface area contributed by atoms with Crippen LogP contribution in [0.15, 0.2) is 23.1 Å². The van der Waals surface area contributed by atoms with Crippen molar-refractivity contribution in [2.45, 2.75) is 24.2 Å². The van der Waals surface area contributed by atoms with Gasteiger partial charge in [-0.15, -0.1) is 0 Å². The number of ether oxygens (including phenoxy) is 2. The summed E-state index contributed by atoms with van der Waals surface area (Å²) in [7, 11) is -4.53. The number of nitrogens with one attached hydrogen (secondary N) is 1. The molecule has 10 heteroatoms. The Hall–Kier alpha value is -1.36. The van der Waals surface area contributed by atoms with E-state index in [-0.39, 0.29) is 22.9 Å². The highest BCUT2D eigenvalue weighted by atomic mass is 32.2. The first-order chi connectivity index (χ1) is 11.8. The van der Waals surface area contributed by atoms with E-state index in [1.54, 1.807) is 0 Å². The molecule has 1 fully saturated rings. The first-order valence-electron chi connectivity index (χ1n) is 7.99. The maximum absolute atomic E-state index is 12.4. The largest absolute Gasteiger partial charge is 0.497 e. The molecule has 25 heavy (non-hydrogen) atoms. The van der Waals surface area contributed by atoms with Crippen LogP contribution in [-0.4, -0.2) is 60.7 Å². The highest BCUT2D eigenvalue weighted by molar-refractivity contribution is 7.90. The highest BCUT2D eigenvalue weighted by Crippen LogP contribution is 2.28. The molecule has 0 aromatic heterocycles. The summed E-state index contributed by atoms with van der Waals surface area (Å²) in [5, 5.41) is 0. The lowest BCUT2D eigenvalue weighted by Gasteiger charge is -2.25. The molecule has 1 aliphatic heterocycles. The Kier molecular flexibility index (Phi) is 6.66. The van der Waals surface area contributed by atoms with Crippen LogP contribution in [0, 0.1) is 0 Å². The molecule has 1 aromatic carbocycles. The summed E-state index contributed by atoms with van der Waals surface area (Å²) in [5.41, 5.74) is 0. The van der Waals surface area contributed by atoms with E-state index in [9.17, 15) is 16.8 Å². The summed E-state index contributed by atoms with van der Waals surface area (Å²) >= 11 is 0. The van der Waals surface area contributed by atoms with Crippen LogP contribution in [0.1, 0.15) is 19.3 Å². The SMILES string of the molecule is COc1ccc(S(=O)(=O)NCCS(=O)(=O)N2CCCCC2)c(OC)c1. The minimum atomic E-state index is -3.89. The van der Waals surface area contributed by atoms with Gasteiger partial charge in [0.2, 0.25) is 20.0 Å². The van der Waals surface area contributed by atoms with E-state index in [0.29, 0.717) is 18.8 Å². The van der Waals surface area contributed by atoms with E-state index in [4.69, 9.17) is 9.47 Å². The second-order valence-corrected chi connectivity index (χ2v) is 9.51. The van der Waals surface area contributed by atoms with Gasteiger partial charge in [-0.3, -0.25) is 0 Å². The van der Waals surface area contributed by atoms with Crippen molar-refractivity contribution in [1.29, 1.82) is 0 Å². The molecular formula is C15H24N2O6S2. The number of piperidine rings is 1. The number of hydrogen-bond donors (Lipinski definition) is 1. The summed E-state index contributed by atoms with van der Waals surface area (Å²) < 4.78 is 63.3. The summed E-state index contributed by atoms with van der Waals surface area (Å²) in [6.07, 6.45) is 2.71. The molecule has 0 amide bonds. The van der Waals surface area contributed by atoms with Crippen molar-refractivity contribution in [2.75, 3.05) is 39.6 Å². The molecule has 1 aromatic rings. The summed E-state index contributed by atoms with van der Waals surface area (Å²) in [6, 6.07) is 4.32. The van der Waals surface area contributed by atoms with E-state index in [1.165, 1.54) is 36.7 Å². The molecule has 0 aliphatic carbocycles. The molecule has 8 nitrogen and oxygen atoms in total. The number of nitrogens with zero attached hydrogens (tertiary/aromatic N) is 1. The molecule has 0 radical (unpaired) electrons. The quantitative estimate of drug-likeness (QED) is 0.702. The van der Waals surface area contributed by atoms with Crippen molar-refractivity contribution in [2.24, 2.45) is 0 Å². The van der Waals surface area contributed by atoms with Crippen LogP contribution in [0.2, 0.25) is 0 Å². The summed E-state index contributed by atoms with van der Waals surface area (Å²) in [4.78, 5) is -0.0637. The number of methoxy groups -OCH3 is 2. The zero-order chi connectivity index (χ0) is 18.5. The maximum Gasteiger partial charge on any atom is 0.244 e. The molecule has 142 valence electrons. The summed E-state index contributed by atoms with van der Waals surface area (Å²) in [5.74, 6) is 0.319. The number of sulfonamides is 2. The third-order valence-corrected chi connectivity index (χ3v) is 7.39. The minimum Gasteiger partial charge on any atom is -0.497 e. The van der Waals surface area contributed by atoms with Gasteiger partial charge >= 0.3 is 0 Å². The van der Waals surface area contributed by atoms with E-state index in [1.807, 2.05) is 0 Å². The second kappa shape index (κ2) is 8.35. The van der Waals surface area contributed by atoms with Crippen LogP contribution in [-0.2, 0) is 20.0 Å². The fourth-order valence-corrected chi connectivity index (χ4v) is 5.39. The summed E-state index contributed by atoms with van der Waals surface area (Å²) in [6.45, 7) is 0.805. The zero-order valence-corrected chi connectivity index (χ0v) is 16.0. The second-order valence-electron chi connectivity index (χ2n) is 5.69. The predicted molar refractivity (Wildman–Crippen MR) is 93.9 cm³/mol. The van der Waals surface area contributed by atoms with Crippen LogP contribution < -0.4 is 14.2 Å². The van der Waals surface area contributed by atoms with E-state index in [0.717, 1.165) is 19.3 Å². The Labute approximate surface area is 149 Å². The third kappa shape index (κ3) is 5.06. The van der Waals surface area contributed by atoms with Gasteiger partial charge in [0.1, 0.15) is 16.4 Å². The molecule has 0 spiro atoms. The standard InChI is InChI=1S/C15H24N2O6S2/c1-22-13-6-7-15(14(12-13)23-2)25(20,21)16-8-11-24(18,19)17-9-4-3-5-10-17/h6-7,12,16H,3-5,8-11H2,1-2H3. The molecule has 2 rings (SSSR count). The van der Waals surface area contributed by atoms with Gasteiger partial charge in [0, 0.05) is 25.7 Å². The van der Waals surface area contributed by atoms with Crippen molar-refractivity contribution in [3.63, 3.8) is 0 Å². The third-order valence-electron chi connectivity index (χ3n) is 4.02. The topological polar surface area (TPSA) is 102 Å². The van der Waals surface area contributed by atoms with Crippen LogP contribution in [0.3, 0.4) is 0 Å². The van der Waals surface area contributed by atoms with Crippen molar-refractivity contribution in [3.05, 3.63) is 18.2 Å². The average molecular weight is 392 g/mol. The van der Waals surface area contributed by atoms with E-state index in [2.05, 4.69) is 4.72 Å². The van der Waals surface area contributed by atoms with Gasteiger partial charge in [0.25, 0.3) is 0 Å². The first kappa shape index (κ1) is 20.0. The number of hydrogen-bond acceptors (Lipinski definition) is 6. The normalized spacial score (nSPS) is 16.6. The molecular weight excluding hydrogens is 368 g/mol. The van der Waals surface area contributed by atoms with Crippen molar-refractivity contribution < 1.29 is 26.3 Å². The molecule has 1 heterocycles. The highest BCUT2D eigenvalue weighted by Gasteiger charge is 2.25. The Bertz CT molecular complexity index is 786. The van der Waals surface area contributed by atoms with Gasteiger partial charge < -0.3 is 9.47 Å². The number of benzene rings is 1. The van der Waals surface area contributed by atoms with Crippen molar-refractivity contribution in [3.8, 4) is 11.5 Å². The minimum absolute atomic E-state index is 0.0637. The van der Waals surface area contributed by atoms with Gasteiger partial charge in [0.05, 0.1) is 20.0 Å². The fraction of sp³-hybridized carbons (Fsp3) is 0.600. The smallest absolute Gasteiger partial charge is 0.244 e. The molecule has 1 saturated heterocycles. The monoisotopic (exact) mass is 392 g/mol. The predicted octanol–water partition coefficient (Wildman–Crippen LogP) is 0.798. The van der Waals surface area contributed by atoms with Gasteiger partial charge in [-0.25, -0.2) is 25.9 Å².